The first kappa shape index (κ1) is 21.3. The number of nitrogens with one attached hydrogen (secondary N) is 2. The van der Waals surface area contributed by atoms with Gasteiger partial charge < -0.3 is 20.1 Å². The molecular formula is C17H15ClF3N3O4. The van der Waals surface area contributed by atoms with Gasteiger partial charge in [0, 0.05) is 11.8 Å². The molecule has 28 heavy (non-hydrogen) atoms. The zero-order valence-corrected chi connectivity index (χ0v) is 15.4. The van der Waals surface area contributed by atoms with Crippen LogP contribution in [0.4, 0.5) is 19.0 Å². The second kappa shape index (κ2) is 8.34. The molecule has 0 aliphatic heterocycles. The van der Waals surface area contributed by atoms with Gasteiger partial charge in [0.2, 0.25) is 0 Å². The molecule has 1 amide bonds. The number of aromatic nitrogens is 1. The van der Waals surface area contributed by atoms with E-state index in [1.807, 2.05) is 5.32 Å². The van der Waals surface area contributed by atoms with Crippen molar-refractivity contribution in [3.8, 4) is 5.75 Å². The number of carbonyl (C=O) groups excluding carboxylic acids is 2. The Hall–Kier alpha value is -3.01. The second-order valence-electron chi connectivity index (χ2n) is 5.41. The summed E-state index contributed by atoms with van der Waals surface area (Å²) in [5.41, 5.74) is -3.72. The Labute approximate surface area is 162 Å². The molecule has 0 spiro atoms. The molecular weight excluding hydrogens is 403 g/mol. The molecule has 0 fully saturated rings. The molecule has 0 bridgehead atoms. The minimum Gasteiger partial charge on any atom is -0.497 e. The minimum atomic E-state index is -5.27. The van der Waals surface area contributed by atoms with E-state index in [1.165, 1.54) is 37.4 Å². The monoisotopic (exact) mass is 417 g/mol. The van der Waals surface area contributed by atoms with Crippen LogP contribution in [0, 0.1) is 0 Å². The number of pyridine rings is 1. The van der Waals surface area contributed by atoms with E-state index >= 15 is 0 Å². The van der Waals surface area contributed by atoms with Gasteiger partial charge in [-0.15, -0.1) is 0 Å². The third-order valence-electron chi connectivity index (χ3n) is 3.61. The highest BCUT2D eigenvalue weighted by Crippen LogP contribution is 2.33. The van der Waals surface area contributed by atoms with Crippen LogP contribution in [0.1, 0.15) is 10.4 Å². The van der Waals surface area contributed by atoms with Crippen LogP contribution in [0.2, 0.25) is 5.02 Å². The average molecular weight is 418 g/mol. The summed E-state index contributed by atoms with van der Waals surface area (Å²) in [7, 11) is 2.16. The number of halogens is 4. The summed E-state index contributed by atoms with van der Waals surface area (Å²) in [4.78, 5) is 28.2. The zero-order chi connectivity index (χ0) is 20.9. The number of hydrogen-bond donors (Lipinski definition) is 2. The topological polar surface area (TPSA) is 89.5 Å². The number of esters is 1. The Morgan fingerprint density at radius 1 is 1.07 bits per heavy atom. The lowest BCUT2D eigenvalue weighted by atomic mass is 10.1. The number of anilines is 1. The van der Waals surface area contributed by atoms with E-state index in [0.717, 1.165) is 19.4 Å². The van der Waals surface area contributed by atoms with Gasteiger partial charge in [0.15, 0.2) is 0 Å². The fourth-order valence-corrected chi connectivity index (χ4v) is 2.28. The number of ether oxygens (including phenoxy) is 2. The van der Waals surface area contributed by atoms with Crippen molar-refractivity contribution in [2.24, 2.45) is 0 Å². The first-order chi connectivity index (χ1) is 13.1. The number of alkyl halides is 3. The Morgan fingerprint density at radius 2 is 1.71 bits per heavy atom. The van der Waals surface area contributed by atoms with Crippen LogP contribution in [0.15, 0.2) is 42.6 Å². The Bertz CT molecular complexity index is 844. The van der Waals surface area contributed by atoms with Crippen LogP contribution in [0.5, 0.6) is 5.75 Å². The fourth-order valence-electron chi connectivity index (χ4n) is 2.17. The normalized spacial score (nSPS) is 13.2. The van der Waals surface area contributed by atoms with Crippen molar-refractivity contribution < 1.29 is 32.2 Å². The highest BCUT2D eigenvalue weighted by atomic mass is 35.5. The van der Waals surface area contributed by atoms with E-state index in [2.05, 4.69) is 9.72 Å². The maximum Gasteiger partial charge on any atom is 0.441 e. The molecule has 2 aromatic rings. The molecule has 0 saturated carbocycles. The van der Waals surface area contributed by atoms with Crippen molar-refractivity contribution in [3.05, 3.63) is 53.2 Å². The summed E-state index contributed by atoms with van der Waals surface area (Å²) in [5, 5.41) is 3.75. The third-order valence-corrected chi connectivity index (χ3v) is 3.84. The average Bonchev–Trinajstić information content (AvgIpc) is 2.67. The van der Waals surface area contributed by atoms with Crippen molar-refractivity contribution in [1.82, 2.24) is 10.3 Å². The van der Waals surface area contributed by atoms with Gasteiger partial charge in [-0.3, -0.25) is 4.79 Å². The number of nitrogens with zero attached hydrogens (tertiary/aromatic N) is 1. The molecule has 7 nitrogen and oxygen atoms in total. The molecule has 11 heteroatoms. The summed E-state index contributed by atoms with van der Waals surface area (Å²) in [6, 6.07) is 7.64. The molecule has 2 rings (SSSR count). The Morgan fingerprint density at radius 3 is 2.18 bits per heavy atom. The summed E-state index contributed by atoms with van der Waals surface area (Å²) in [5.74, 6) is -2.91. The van der Waals surface area contributed by atoms with Crippen LogP contribution in [0.25, 0.3) is 0 Å². The Kier molecular flexibility index (Phi) is 6.34. The van der Waals surface area contributed by atoms with E-state index in [1.54, 1.807) is 5.32 Å². The quantitative estimate of drug-likeness (QED) is 0.555. The summed E-state index contributed by atoms with van der Waals surface area (Å²) in [6.45, 7) is 0. The summed E-state index contributed by atoms with van der Waals surface area (Å²) in [6.07, 6.45) is -4.20. The van der Waals surface area contributed by atoms with Crippen molar-refractivity contribution >= 4 is 29.3 Å². The number of benzene rings is 1. The van der Waals surface area contributed by atoms with Gasteiger partial charge in [-0.25, -0.2) is 9.78 Å². The van der Waals surface area contributed by atoms with Crippen molar-refractivity contribution in [2.45, 2.75) is 11.8 Å². The van der Waals surface area contributed by atoms with Crippen LogP contribution in [-0.4, -0.2) is 42.9 Å². The van der Waals surface area contributed by atoms with Crippen LogP contribution in [0.3, 0.4) is 0 Å². The molecule has 0 saturated heterocycles. The minimum absolute atomic E-state index is 0.135. The summed E-state index contributed by atoms with van der Waals surface area (Å²) >= 11 is 5.67. The molecule has 1 atom stereocenters. The second-order valence-corrected chi connectivity index (χ2v) is 5.85. The number of carbonyl (C=O) groups is 2. The molecule has 0 radical (unpaired) electrons. The van der Waals surface area contributed by atoms with Crippen LogP contribution < -0.4 is 15.4 Å². The molecule has 0 aliphatic rings. The van der Waals surface area contributed by atoms with Crippen LogP contribution in [-0.2, 0) is 9.53 Å². The number of amides is 1. The van der Waals surface area contributed by atoms with E-state index < -0.39 is 23.7 Å². The predicted octanol–water partition coefficient (Wildman–Crippen LogP) is 3.02. The predicted molar refractivity (Wildman–Crippen MR) is 94.1 cm³/mol. The van der Waals surface area contributed by atoms with Gasteiger partial charge in [0.05, 0.1) is 19.2 Å². The molecule has 1 heterocycles. The molecule has 150 valence electrons. The lowest BCUT2D eigenvalue weighted by molar-refractivity contribution is -0.203. The zero-order valence-electron chi connectivity index (χ0n) is 14.6. The number of hydrogen-bond acceptors (Lipinski definition) is 6. The van der Waals surface area contributed by atoms with Gasteiger partial charge >= 0.3 is 17.8 Å². The largest absolute Gasteiger partial charge is 0.497 e. The van der Waals surface area contributed by atoms with Crippen LogP contribution >= 0.6 is 11.6 Å². The molecule has 1 aromatic carbocycles. The van der Waals surface area contributed by atoms with E-state index in [0.29, 0.717) is 5.75 Å². The lowest BCUT2D eigenvalue weighted by Gasteiger charge is -2.34. The summed E-state index contributed by atoms with van der Waals surface area (Å²) < 4.78 is 51.0. The van der Waals surface area contributed by atoms with Gasteiger partial charge in [0.1, 0.15) is 11.6 Å². The lowest BCUT2D eigenvalue weighted by Crippen LogP contribution is -2.69. The van der Waals surface area contributed by atoms with E-state index in [4.69, 9.17) is 16.3 Å². The van der Waals surface area contributed by atoms with Gasteiger partial charge in [-0.2, -0.15) is 13.2 Å². The van der Waals surface area contributed by atoms with E-state index in [-0.39, 0.29) is 16.4 Å². The fraction of sp³-hybridized carbons (Fsp3) is 0.235. The molecule has 2 N–H and O–H groups in total. The van der Waals surface area contributed by atoms with Gasteiger partial charge in [-0.05, 0) is 36.4 Å². The highest BCUT2D eigenvalue weighted by Gasteiger charge is 2.63. The maximum absolute atomic E-state index is 13.9. The van der Waals surface area contributed by atoms with Crippen molar-refractivity contribution in [1.29, 1.82) is 0 Å². The third kappa shape index (κ3) is 4.45. The first-order valence-electron chi connectivity index (χ1n) is 7.64. The van der Waals surface area contributed by atoms with Gasteiger partial charge in [0.25, 0.3) is 5.91 Å². The van der Waals surface area contributed by atoms with Gasteiger partial charge in [-0.1, -0.05) is 11.6 Å². The molecule has 1 aromatic heterocycles. The smallest absolute Gasteiger partial charge is 0.441 e. The Balaban J connectivity index is 2.44. The van der Waals surface area contributed by atoms with E-state index in [9.17, 15) is 22.8 Å². The highest BCUT2D eigenvalue weighted by molar-refractivity contribution is 6.30. The SMILES string of the molecule is COC(=O)[C@](NC(=O)c1ccc(OC)cc1)(Nc1ccc(Cl)cn1)C(F)(F)F. The first-order valence-corrected chi connectivity index (χ1v) is 8.02. The maximum atomic E-state index is 13.9. The number of rotatable bonds is 6. The van der Waals surface area contributed by atoms with Crippen molar-refractivity contribution in [3.63, 3.8) is 0 Å². The number of methoxy groups -OCH3 is 2. The molecule has 0 unspecified atom stereocenters. The molecule has 0 aliphatic carbocycles. The standard InChI is InChI=1S/C17H15ClF3N3O4/c1-27-12-6-3-10(4-7-12)14(25)24-16(15(26)28-2,17(19,20)21)23-13-8-5-11(18)9-22-13/h3-9H,1-2H3,(H,22,23)(H,24,25)/t16-/m1/s1. The van der Waals surface area contributed by atoms with Crippen molar-refractivity contribution in [2.75, 3.05) is 19.5 Å².